The fraction of sp³-hybridized carbons (Fsp3) is 0.357. The van der Waals surface area contributed by atoms with Gasteiger partial charge in [-0.15, -0.1) is 0 Å². The molecule has 1 fully saturated rings. The van der Waals surface area contributed by atoms with Crippen LogP contribution in [0.3, 0.4) is 0 Å². The Morgan fingerprint density at radius 2 is 1.26 bits per heavy atom. The largest absolute Gasteiger partial charge is 0.374 e. The van der Waals surface area contributed by atoms with Crippen LogP contribution in [0.4, 0.5) is 4.39 Å². The molecule has 2 aliphatic heterocycles. The highest BCUT2D eigenvalue weighted by Crippen LogP contribution is 2.32. The number of benzene rings is 3. The molecular formula is C28H29FO5. The predicted molar refractivity (Wildman–Crippen MR) is 124 cm³/mol. The van der Waals surface area contributed by atoms with Crippen LogP contribution in [0.25, 0.3) is 0 Å². The molecular weight excluding hydrogens is 435 g/mol. The maximum Gasteiger partial charge on any atom is 0.228 e. The summed E-state index contributed by atoms with van der Waals surface area (Å²) in [4.78, 5) is 0. The van der Waals surface area contributed by atoms with Gasteiger partial charge in [-0.1, -0.05) is 84.9 Å². The van der Waals surface area contributed by atoms with Crippen LogP contribution in [-0.2, 0) is 50.1 Å². The van der Waals surface area contributed by atoms with Crippen molar-refractivity contribution in [3.63, 3.8) is 0 Å². The van der Waals surface area contributed by atoms with Crippen LogP contribution in [-0.4, -0.2) is 37.4 Å². The third kappa shape index (κ3) is 5.54. The molecule has 0 aromatic heterocycles. The van der Waals surface area contributed by atoms with Crippen LogP contribution in [0.2, 0.25) is 0 Å². The summed E-state index contributed by atoms with van der Waals surface area (Å²) in [6.07, 6.45) is -4.45. The maximum absolute atomic E-state index is 15.3. The van der Waals surface area contributed by atoms with E-state index in [2.05, 4.69) is 0 Å². The zero-order valence-electron chi connectivity index (χ0n) is 18.9. The van der Waals surface area contributed by atoms with Crippen LogP contribution in [0.15, 0.2) is 84.9 Å². The van der Waals surface area contributed by atoms with E-state index in [1.54, 1.807) is 0 Å². The lowest BCUT2D eigenvalue weighted by molar-refractivity contribution is -0.299. The second kappa shape index (κ2) is 11.2. The summed E-state index contributed by atoms with van der Waals surface area (Å²) < 4.78 is 45.8. The molecule has 34 heavy (non-hydrogen) atoms. The molecule has 2 bridgehead atoms. The van der Waals surface area contributed by atoms with Gasteiger partial charge in [-0.05, 0) is 22.3 Å². The highest BCUT2D eigenvalue weighted by atomic mass is 19.1. The number of hydrogen-bond donors (Lipinski definition) is 0. The molecule has 2 aliphatic rings. The second-order valence-electron chi connectivity index (χ2n) is 8.61. The van der Waals surface area contributed by atoms with Crippen LogP contribution >= 0.6 is 0 Å². The summed E-state index contributed by atoms with van der Waals surface area (Å²) in [7, 11) is 0. The van der Waals surface area contributed by atoms with Crippen molar-refractivity contribution >= 4 is 0 Å². The lowest BCUT2D eigenvalue weighted by Crippen LogP contribution is -2.60. The van der Waals surface area contributed by atoms with Gasteiger partial charge in [0.1, 0.15) is 24.4 Å². The topological polar surface area (TPSA) is 46.2 Å². The molecule has 2 heterocycles. The number of rotatable bonds is 6. The minimum Gasteiger partial charge on any atom is -0.374 e. The van der Waals surface area contributed by atoms with Crippen molar-refractivity contribution in [3.05, 3.63) is 107 Å². The number of hydrogen-bond acceptors (Lipinski definition) is 5. The van der Waals surface area contributed by atoms with Gasteiger partial charge >= 0.3 is 0 Å². The van der Waals surface area contributed by atoms with Crippen molar-refractivity contribution in [3.8, 4) is 0 Å². The zero-order chi connectivity index (χ0) is 23.2. The maximum atomic E-state index is 15.3. The van der Waals surface area contributed by atoms with Crippen LogP contribution in [0.1, 0.15) is 22.3 Å². The minimum absolute atomic E-state index is 0.194. The van der Waals surface area contributed by atoms with Crippen LogP contribution < -0.4 is 0 Å². The highest BCUT2D eigenvalue weighted by Gasteiger charge is 2.49. The standard InChI is InChI=1S/C28H29FO5/c29-28-27(32-16-21-11-5-2-6-12-21)26-25(31-15-20-9-3-1-4-10-20)24(34-28)19-30-17-22-13-7-8-14-23(22)18-33-26/h1-14,24-28H,15-19H2/t24?,25-,26?,27-,28?/m0/s1. The summed E-state index contributed by atoms with van der Waals surface area (Å²) in [6.45, 7) is 1.50. The van der Waals surface area contributed by atoms with E-state index in [0.717, 1.165) is 22.3 Å². The summed E-state index contributed by atoms with van der Waals surface area (Å²) in [5.41, 5.74) is 4.02. The van der Waals surface area contributed by atoms with E-state index < -0.39 is 30.8 Å². The Balaban J connectivity index is 1.40. The molecule has 3 aromatic rings. The molecule has 0 spiro atoms. The molecule has 5 atom stereocenters. The Kier molecular flexibility index (Phi) is 7.63. The van der Waals surface area contributed by atoms with Gasteiger partial charge in [-0.25, -0.2) is 4.39 Å². The highest BCUT2D eigenvalue weighted by molar-refractivity contribution is 5.26. The molecule has 0 radical (unpaired) electrons. The average Bonchev–Trinajstić information content (AvgIpc) is 2.88. The molecule has 3 unspecified atom stereocenters. The van der Waals surface area contributed by atoms with E-state index in [1.165, 1.54) is 0 Å². The van der Waals surface area contributed by atoms with Crippen molar-refractivity contribution in [2.75, 3.05) is 6.61 Å². The third-order valence-electron chi connectivity index (χ3n) is 6.24. The lowest BCUT2D eigenvalue weighted by Gasteiger charge is -2.44. The van der Waals surface area contributed by atoms with Gasteiger partial charge < -0.3 is 23.7 Å². The first kappa shape index (κ1) is 23.1. The van der Waals surface area contributed by atoms with E-state index in [0.29, 0.717) is 19.8 Å². The molecule has 5 rings (SSSR count). The Morgan fingerprint density at radius 3 is 1.91 bits per heavy atom. The van der Waals surface area contributed by atoms with Gasteiger partial charge in [-0.2, -0.15) is 0 Å². The molecule has 0 amide bonds. The SMILES string of the molecule is FC1OC2COCc3ccccc3COC([C@@H]1OCc1ccccc1)[C@H]2OCc1ccccc1. The third-order valence-corrected chi connectivity index (χ3v) is 6.24. The summed E-state index contributed by atoms with van der Waals surface area (Å²) in [5, 5.41) is 0. The molecule has 0 aliphatic carbocycles. The van der Waals surface area contributed by atoms with E-state index in [1.807, 2.05) is 84.9 Å². The van der Waals surface area contributed by atoms with Crippen molar-refractivity contribution < 1.29 is 28.1 Å². The zero-order valence-corrected chi connectivity index (χ0v) is 18.9. The molecule has 0 saturated carbocycles. The lowest BCUT2D eigenvalue weighted by atomic mass is 9.98. The first-order valence-corrected chi connectivity index (χ1v) is 11.6. The number of alkyl halides is 1. The molecule has 1 saturated heterocycles. The molecule has 3 aromatic carbocycles. The fourth-order valence-electron chi connectivity index (χ4n) is 4.41. The summed E-state index contributed by atoms with van der Waals surface area (Å²) >= 11 is 0. The van der Waals surface area contributed by atoms with Gasteiger partial charge in [0.2, 0.25) is 6.36 Å². The van der Waals surface area contributed by atoms with E-state index in [-0.39, 0.29) is 13.2 Å². The van der Waals surface area contributed by atoms with Gasteiger partial charge in [-0.3, -0.25) is 0 Å². The normalized spacial score (nSPS) is 27.0. The van der Waals surface area contributed by atoms with Crippen LogP contribution in [0, 0.1) is 0 Å². The second-order valence-corrected chi connectivity index (χ2v) is 8.61. The predicted octanol–water partition coefficient (Wildman–Crippen LogP) is 4.97. The number of ether oxygens (including phenoxy) is 5. The molecule has 178 valence electrons. The van der Waals surface area contributed by atoms with Gasteiger partial charge in [0.25, 0.3) is 0 Å². The van der Waals surface area contributed by atoms with Gasteiger partial charge in [0.05, 0.1) is 33.0 Å². The summed E-state index contributed by atoms with van der Waals surface area (Å²) in [5.74, 6) is 0. The Hall–Kier alpha value is -2.61. The van der Waals surface area contributed by atoms with Gasteiger partial charge in [0.15, 0.2) is 0 Å². The van der Waals surface area contributed by atoms with Crippen molar-refractivity contribution in [1.29, 1.82) is 0 Å². The van der Waals surface area contributed by atoms with Gasteiger partial charge in [0, 0.05) is 0 Å². The first-order valence-electron chi connectivity index (χ1n) is 11.6. The van der Waals surface area contributed by atoms with E-state index in [4.69, 9.17) is 23.7 Å². The number of fused-ring (bicyclic) bond motifs is 3. The van der Waals surface area contributed by atoms with Crippen molar-refractivity contribution in [1.82, 2.24) is 0 Å². The Morgan fingerprint density at radius 1 is 0.706 bits per heavy atom. The smallest absolute Gasteiger partial charge is 0.228 e. The Bertz CT molecular complexity index is 1030. The quantitative estimate of drug-likeness (QED) is 0.516. The van der Waals surface area contributed by atoms with E-state index in [9.17, 15) is 0 Å². The van der Waals surface area contributed by atoms with Crippen molar-refractivity contribution in [2.45, 2.75) is 57.2 Å². The number of halogens is 1. The molecule has 5 nitrogen and oxygen atoms in total. The van der Waals surface area contributed by atoms with E-state index >= 15 is 4.39 Å². The summed E-state index contributed by atoms with van der Waals surface area (Å²) in [6, 6.07) is 27.5. The monoisotopic (exact) mass is 464 g/mol. The molecule has 0 N–H and O–H groups in total. The van der Waals surface area contributed by atoms with Crippen LogP contribution in [0.5, 0.6) is 0 Å². The molecule has 6 heteroatoms. The Labute approximate surface area is 199 Å². The average molecular weight is 465 g/mol. The minimum atomic E-state index is -1.66. The van der Waals surface area contributed by atoms with Crippen molar-refractivity contribution in [2.24, 2.45) is 0 Å². The first-order chi connectivity index (χ1) is 16.8. The fourth-order valence-corrected chi connectivity index (χ4v) is 4.41.